The fourth-order valence-electron chi connectivity index (χ4n) is 1.54. The molecule has 1 unspecified atom stereocenters. The highest BCUT2D eigenvalue weighted by atomic mass is 16.2. The van der Waals surface area contributed by atoms with Crippen molar-refractivity contribution in [1.82, 2.24) is 4.90 Å². The second-order valence-corrected chi connectivity index (χ2v) is 4.41. The van der Waals surface area contributed by atoms with Crippen molar-refractivity contribution in [3.8, 4) is 0 Å². The minimum Gasteiger partial charge on any atom is -0.368 e. The summed E-state index contributed by atoms with van der Waals surface area (Å²) in [5, 5.41) is 0. The van der Waals surface area contributed by atoms with Crippen LogP contribution >= 0.6 is 0 Å². The van der Waals surface area contributed by atoms with Gasteiger partial charge >= 0.3 is 0 Å². The quantitative estimate of drug-likeness (QED) is 0.656. The number of nitrogens with two attached hydrogens (primary N) is 2. The van der Waals surface area contributed by atoms with Crippen molar-refractivity contribution in [2.75, 3.05) is 6.54 Å². The fourth-order valence-corrected chi connectivity index (χ4v) is 1.54. The number of nitrogens with zero attached hydrogens (tertiary/aromatic N) is 1. The summed E-state index contributed by atoms with van der Waals surface area (Å²) in [6.45, 7) is 4.57. The van der Waals surface area contributed by atoms with Crippen LogP contribution in [0.3, 0.4) is 0 Å². The second kappa shape index (κ2) is 4.61. The number of likely N-dealkylation sites (tertiary alicyclic amines) is 1. The molecule has 2 atom stereocenters. The second-order valence-electron chi connectivity index (χ2n) is 4.41. The largest absolute Gasteiger partial charge is 0.368 e. The van der Waals surface area contributed by atoms with Crippen molar-refractivity contribution in [3.05, 3.63) is 0 Å². The summed E-state index contributed by atoms with van der Waals surface area (Å²) >= 11 is 0. The molecule has 86 valence electrons. The number of rotatable bonds is 4. The molecule has 0 bridgehead atoms. The molecule has 0 aliphatic carbocycles. The maximum Gasteiger partial charge on any atom is 0.240 e. The molecule has 0 aromatic heterocycles. The molecule has 1 saturated heterocycles. The first kappa shape index (κ1) is 12.0. The summed E-state index contributed by atoms with van der Waals surface area (Å²) in [7, 11) is 0. The van der Waals surface area contributed by atoms with E-state index < -0.39 is 11.9 Å². The summed E-state index contributed by atoms with van der Waals surface area (Å²) in [6, 6.07) is -0.552. The first-order valence-corrected chi connectivity index (χ1v) is 5.28. The summed E-state index contributed by atoms with van der Waals surface area (Å²) in [6.07, 6.45) is 0.972. The average molecular weight is 213 g/mol. The van der Waals surface area contributed by atoms with E-state index in [4.69, 9.17) is 11.5 Å². The molecule has 1 heterocycles. The molecule has 0 aromatic carbocycles. The molecule has 1 fully saturated rings. The van der Waals surface area contributed by atoms with E-state index in [-0.39, 0.29) is 17.9 Å². The molecule has 0 radical (unpaired) electrons. The van der Waals surface area contributed by atoms with Crippen molar-refractivity contribution in [2.45, 2.75) is 38.8 Å². The van der Waals surface area contributed by atoms with Crippen LogP contribution in [-0.2, 0) is 9.59 Å². The van der Waals surface area contributed by atoms with E-state index in [0.29, 0.717) is 19.4 Å². The zero-order valence-corrected chi connectivity index (χ0v) is 9.27. The molecule has 5 nitrogen and oxygen atoms in total. The molecule has 1 aliphatic heterocycles. The molecular formula is C10H19N3O2. The maximum atomic E-state index is 11.7. The molecule has 1 rings (SSSR count). The maximum absolute atomic E-state index is 11.7. The Morgan fingerprint density at radius 3 is 2.40 bits per heavy atom. The van der Waals surface area contributed by atoms with Crippen LogP contribution in [0.4, 0.5) is 0 Å². The Bertz CT molecular complexity index is 265. The number of amides is 2. The minimum atomic E-state index is -0.423. The molecule has 0 spiro atoms. The van der Waals surface area contributed by atoms with Crippen molar-refractivity contribution in [2.24, 2.45) is 17.4 Å². The standard InChI is InChI=1S/C10H19N3O2/c1-6(2)7(11)5-9(14)13-4-3-8(13)10(12)15/h6-8H,3-5,11H2,1-2H3,(H2,12,15)/t7-,8?/m1/s1. The predicted octanol–water partition coefficient (Wildman–Crippen LogP) is -0.554. The Hall–Kier alpha value is -1.10. The summed E-state index contributed by atoms with van der Waals surface area (Å²) in [5.74, 6) is -0.221. The number of primary amides is 1. The van der Waals surface area contributed by atoms with Crippen LogP contribution in [0.1, 0.15) is 26.7 Å². The molecular weight excluding hydrogens is 194 g/mol. The third-order valence-electron chi connectivity index (χ3n) is 2.94. The van der Waals surface area contributed by atoms with Gasteiger partial charge in [0.15, 0.2) is 0 Å². The lowest BCUT2D eigenvalue weighted by molar-refractivity contribution is -0.146. The van der Waals surface area contributed by atoms with E-state index in [1.165, 1.54) is 4.90 Å². The van der Waals surface area contributed by atoms with Gasteiger partial charge in [0.05, 0.1) is 0 Å². The van der Waals surface area contributed by atoms with E-state index in [9.17, 15) is 9.59 Å². The van der Waals surface area contributed by atoms with Gasteiger partial charge in [0.1, 0.15) is 6.04 Å². The Morgan fingerprint density at radius 2 is 2.07 bits per heavy atom. The van der Waals surface area contributed by atoms with Crippen LogP contribution < -0.4 is 11.5 Å². The van der Waals surface area contributed by atoms with Gasteiger partial charge in [0.2, 0.25) is 11.8 Å². The van der Waals surface area contributed by atoms with Gasteiger partial charge in [-0.2, -0.15) is 0 Å². The lowest BCUT2D eigenvalue weighted by Gasteiger charge is -2.39. The smallest absolute Gasteiger partial charge is 0.240 e. The van der Waals surface area contributed by atoms with Crippen LogP contribution in [0.25, 0.3) is 0 Å². The van der Waals surface area contributed by atoms with Crippen LogP contribution in [0.5, 0.6) is 0 Å². The highest BCUT2D eigenvalue weighted by molar-refractivity contribution is 5.88. The van der Waals surface area contributed by atoms with Crippen LogP contribution in [-0.4, -0.2) is 35.3 Å². The topological polar surface area (TPSA) is 89.4 Å². The Labute approximate surface area is 89.8 Å². The third-order valence-corrected chi connectivity index (χ3v) is 2.94. The van der Waals surface area contributed by atoms with Crippen molar-refractivity contribution in [3.63, 3.8) is 0 Å². The van der Waals surface area contributed by atoms with Crippen molar-refractivity contribution >= 4 is 11.8 Å². The summed E-state index contributed by atoms with van der Waals surface area (Å²) < 4.78 is 0. The number of hydrogen-bond acceptors (Lipinski definition) is 3. The number of carbonyl (C=O) groups excluding carboxylic acids is 2. The van der Waals surface area contributed by atoms with Gasteiger partial charge in [-0.3, -0.25) is 9.59 Å². The number of hydrogen-bond donors (Lipinski definition) is 2. The lowest BCUT2D eigenvalue weighted by Crippen LogP contribution is -2.58. The Balaban J connectivity index is 2.44. The number of carbonyl (C=O) groups is 2. The zero-order valence-electron chi connectivity index (χ0n) is 9.27. The SMILES string of the molecule is CC(C)[C@H](N)CC(=O)N1CCC1C(N)=O. The van der Waals surface area contributed by atoms with E-state index >= 15 is 0 Å². The predicted molar refractivity (Wildman–Crippen MR) is 56.7 cm³/mol. The zero-order chi connectivity index (χ0) is 11.6. The van der Waals surface area contributed by atoms with Crippen molar-refractivity contribution < 1.29 is 9.59 Å². The van der Waals surface area contributed by atoms with Crippen molar-refractivity contribution in [1.29, 1.82) is 0 Å². The molecule has 15 heavy (non-hydrogen) atoms. The highest BCUT2D eigenvalue weighted by Crippen LogP contribution is 2.19. The monoisotopic (exact) mass is 213 g/mol. The molecule has 0 saturated carbocycles. The van der Waals surface area contributed by atoms with Crippen LogP contribution in [0, 0.1) is 5.92 Å². The lowest BCUT2D eigenvalue weighted by atomic mass is 9.97. The van der Waals surface area contributed by atoms with E-state index in [0.717, 1.165) is 0 Å². The first-order chi connectivity index (χ1) is 6.93. The summed E-state index contributed by atoms with van der Waals surface area (Å²) in [4.78, 5) is 24.1. The minimum absolute atomic E-state index is 0.0637. The third kappa shape index (κ3) is 2.68. The van der Waals surface area contributed by atoms with Crippen LogP contribution in [0.2, 0.25) is 0 Å². The van der Waals surface area contributed by atoms with Gasteiger partial charge < -0.3 is 16.4 Å². The van der Waals surface area contributed by atoms with E-state index in [1.807, 2.05) is 13.8 Å². The molecule has 1 aliphatic rings. The van der Waals surface area contributed by atoms with Gasteiger partial charge in [-0.25, -0.2) is 0 Å². The van der Waals surface area contributed by atoms with Gasteiger partial charge in [0.25, 0.3) is 0 Å². The Morgan fingerprint density at radius 1 is 1.47 bits per heavy atom. The van der Waals surface area contributed by atoms with Gasteiger partial charge in [-0.1, -0.05) is 13.8 Å². The Kier molecular flexibility index (Phi) is 3.68. The van der Waals surface area contributed by atoms with E-state index in [2.05, 4.69) is 0 Å². The first-order valence-electron chi connectivity index (χ1n) is 5.28. The fraction of sp³-hybridized carbons (Fsp3) is 0.800. The van der Waals surface area contributed by atoms with E-state index in [1.54, 1.807) is 0 Å². The van der Waals surface area contributed by atoms with Gasteiger partial charge in [0, 0.05) is 19.0 Å². The van der Waals surface area contributed by atoms with Gasteiger partial charge in [-0.15, -0.1) is 0 Å². The average Bonchev–Trinajstić information content (AvgIpc) is 1.99. The molecule has 0 aromatic rings. The molecule has 5 heteroatoms. The normalized spacial score (nSPS) is 22.4. The molecule has 2 amide bonds. The van der Waals surface area contributed by atoms with Gasteiger partial charge in [-0.05, 0) is 12.3 Å². The summed E-state index contributed by atoms with van der Waals surface area (Å²) in [5.41, 5.74) is 10.9. The molecule has 4 N–H and O–H groups in total. The highest BCUT2D eigenvalue weighted by Gasteiger charge is 2.36. The van der Waals surface area contributed by atoms with Crippen LogP contribution in [0.15, 0.2) is 0 Å².